The summed E-state index contributed by atoms with van der Waals surface area (Å²) < 4.78 is 5.85. The molecular formula is C37H41N5O5. The maximum absolute atomic E-state index is 13.4. The number of likely N-dealkylation sites (tertiary alicyclic amines) is 1. The number of hydrogen-bond donors (Lipinski definition) is 2. The Labute approximate surface area is 275 Å². The number of carbonyl (C=O) groups is 3. The average Bonchev–Trinajstić information content (AvgIpc) is 3.06. The summed E-state index contributed by atoms with van der Waals surface area (Å²) in [6.45, 7) is 7.36. The molecule has 2 aromatic carbocycles. The van der Waals surface area contributed by atoms with E-state index in [1.807, 2.05) is 61.5 Å². The van der Waals surface area contributed by atoms with Crippen LogP contribution in [0.3, 0.4) is 0 Å². The van der Waals surface area contributed by atoms with Gasteiger partial charge in [-0.25, -0.2) is 9.97 Å². The van der Waals surface area contributed by atoms with E-state index in [1.165, 1.54) is 4.90 Å². The summed E-state index contributed by atoms with van der Waals surface area (Å²) in [5.74, 6) is -0.241. The van der Waals surface area contributed by atoms with E-state index in [4.69, 9.17) is 4.74 Å². The number of carbonyl (C=O) groups excluding carboxylic acids is 2. The molecule has 2 N–H and O–H groups in total. The second-order valence-corrected chi connectivity index (χ2v) is 12.3. The minimum Gasteiger partial charge on any atom is -0.494 e. The number of benzene rings is 2. The lowest BCUT2D eigenvalue weighted by Crippen LogP contribution is -2.59. The first kappa shape index (κ1) is 33.2. The Bertz CT molecular complexity index is 1650. The molecule has 0 saturated carbocycles. The molecule has 2 aromatic heterocycles. The van der Waals surface area contributed by atoms with Crippen LogP contribution in [0.25, 0.3) is 22.5 Å². The molecule has 10 heteroatoms. The minimum atomic E-state index is -0.934. The van der Waals surface area contributed by atoms with Crippen LogP contribution in [0.2, 0.25) is 0 Å². The molecule has 244 valence electrons. The van der Waals surface area contributed by atoms with Crippen molar-refractivity contribution in [2.75, 3.05) is 19.7 Å². The third-order valence-corrected chi connectivity index (χ3v) is 8.30. The van der Waals surface area contributed by atoms with Crippen molar-refractivity contribution >= 4 is 17.8 Å². The number of ether oxygens (including phenoxy) is 1. The zero-order chi connectivity index (χ0) is 33.3. The van der Waals surface area contributed by atoms with Crippen molar-refractivity contribution in [3.05, 3.63) is 96.1 Å². The van der Waals surface area contributed by atoms with Crippen molar-refractivity contribution in [2.45, 2.75) is 52.5 Å². The third kappa shape index (κ3) is 8.78. The van der Waals surface area contributed by atoms with Crippen molar-refractivity contribution < 1.29 is 24.2 Å². The van der Waals surface area contributed by atoms with E-state index in [0.717, 1.165) is 52.8 Å². The van der Waals surface area contributed by atoms with E-state index in [-0.39, 0.29) is 31.1 Å². The molecule has 2 amide bonds. The van der Waals surface area contributed by atoms with Gasteiger partial charge in [0.25, 0.3) is 5.91 Å². The SMILES string of the molecule is CCc1ccc(C(=O)N[C@@H](Cc2ccc(-c3ncc(-c4ccc(OCCCC(C)C)cc4)cn3)cc2)C(=O)N2CC(C(=O)O)C2)nc1. The number of aliphatic carboxylic acids is 1. The van der Waals surface area contributed by atoms with Gasteiger partial charge in [0, 0.05) is 49.2 Å². The van der Waals surface area contributed by atoms with Gasteiger partial charge in [-0.3, -0.25) is 19.4 Å². The molecule has 1 saturated heterocycles. The second-order valence-electron chi connectivity index (χ2n) is 12.3. The number of aromatic nitrogens is 3. The highest BCUT2D eigenvalue weighted by Crippen LogP contribution is 2.24. The van der Waals surface area contributed by atoms with Gasteiger partial charge in [0.2, 0.25) is 5.91 Å². The standard InChI is InChI=1S/C37H41N5O5/c1-4-25-9-16-32(38-19-25)35(43)41-33(36(44)42-22-30(23-42)37(45)46)18-26-7-10-28(11-8-26)34-39-20-29(21-40-34)27-12-14-31(15-13-27)47-17-5-6-24(2)3/h7-16,19-21,24,30,33H,4-6,17-18,22-23H2,1-3H3,(H,41,43)(H,45,46)/t33-/m0/s1. The molecule has 0 unspecified atom stereocenters. The number of aryl methyl sites for hydroxylation is 1. The molecule has 4 aromatic rings. The lowest BCUT2D eigenvalue weighted by Gasteiger charge is -2.38. The number of amides is 2. The van der Waals surface area contributed by atoms with Gasteiger partial charge in [0.05, 0.1) is 12.5 Å². The average molecular weight is 636 g/mol. The van der Waals surface area contributed by atoms with Gasteiger partial charge in [-0.1, -0.05) is 63.2 Å². The first-order chi connectivity index (χ1) is 22.7. The highest BCUT2D eigenvalue weighted by atomic mass is 16.5. The highest BCUT2D eigenvalue weighted by Gasteiger charge is 2.38. The van der Waals surface area contributed by atoms with Crippen LogP contribution >= 0.6 is 0 Å². The topological polar surface area (TPSA) is 135 Å². The summed E-state index contributed by atoms with van der Waals surface area (Å²) in [4.78, 5) is 52.6. The molecule has 47 heavy (non-hydrogen) atoms. The number of hydrogen-bond acceptors (Lipinski definition) is 7. The van der Waals surface area contributed by atoms with Crippen LogP contribution < -0.4 is 10.1 Å². The molecule has 0 radical (unpaired) electrons. The first-order valence-electron chi connectivity index (χ1n) is 16.1. The van der Waals surface area contributed by atoms with Gasteiger partial charge in [0.15, 0.2) is 5.82 Å². The zero-order valence-electron chi connectivity index (χ0n) is 27.1. The second kappa shape index (κ2) is 15.4. The van der Waals surface area contributed by atoms with Crippen LogP contribution in [-0.2, 0) is 22.4 Å². The Balaban J connectivity index is 1.23. The van der Waals surface area contributed by atoms with Crippen molar-refractivity contribution in [3.63, 3.8) is 0 Å². The monoisotopic (exact) mass is 635 g/mol. The van der Waals surface area contributed by atoms with Crippen LogP contribution in [0.4, 0.5) is 0 Å². The summed E-state index contributed by atoms with van der Waals surface area (Å²) in [6.07, 6.45) is 8.42. The Morgan fingerprint density at radius 2 is 1.53 bits per heavy atom. The van der Waals surface area contributed by atoms with Crippen LogP contribution in [-0.4, -0.2) is 68.5 Å². The summed E-state index contributed by atoms with van der Waals surface area (Å²) in [5.41, 5.74) is 4.73. The quantitative estimate of drug-likeness (QED) is 0.174. The van der Waals surface area contributed by atoms with E-state index < -0.39 is 23.8 Å². The Morgan fingerprint density at radius 3 is 2.13 bits per heavy atom. The van der Waals surface area contributed by atoms with Crippen LogP contribution in [0.5, 0.6) is 5.75 Å². The van der Waals surface area contributed by atoms with E-state index in [0.29, 0.717) is 18.3 Å². The largest absolute Gasteiger partial charge is 0.494 e. The maximum Gasteiger partial charge on any atom is 0.310 e. The zero-order valence-corrected chi connectivity index (χ0v) is 27.1. The molecule has 0 spiro atoms. The van der Waals surface area contributed by atoms with Crippen LogP contribution in [0, 0.1) is 11.8 Å². The predicted molar refractivity (Wildman–Crippen MR) is 179 cm³/mol. The molecular weight excluding hydrogens is 594 g/mol. The van der Waals surface area contributed by atoms with Crippen molar-refractivity contribution in [1.29, 1.82) is 0 Å². The normalized spacial score (nSPS) is 13.6. The highest BCUT2D eigenvalue weighted by molar-refractivity contribution is 5.96. The number of pyridine rings is 1. The van der Waals surface area contributed by atoms with Crippen molar-refractivity contribution in [2.24, 2.45) is 11.8 Å². The van der Waals surface area contributed by atoms with Crippen LogP contribution in [0.15, 0.2) is 79.3 Å². The van der Waals surface area contributed by atoms with E-state index in [2.05, 4.69) is 34.1 Å². The number of carboxylic acids is 1. The lowest BCUT2D eigenvalue weighted by molar-refractivity contribution is -0.153. The first-order valence-corrected chi connectivity index (χ1v) is 16.1. The fourth-order valence-corrected chi connectivity index (χ4v) is 5.31. The number of carboxylic acid groups (broad SMARTS) is 1. The van der Waals surface area contributed by atoms with E-state index >= 15 is 0 Å². The molecule has 0 aliphatic carbocycles. The van der Waals surface area contributed by atoms with Gasteiger partial charge in [-0.05, 0) is 60.1 Å². The minimum absolute atomic E-state index is 0.118. The molecule has 1 atom stereocenters. The molecule has 1 aliphatic heterocycles. The smallest absolute Gasteiger partial charge is 0.310 e. The van der Waals surface area contributed by atoms with Gasteiger partial charge < -0.3 is 20.1 Å². The fourth-order valence-electron chi connectivity index (χ4n) is 5.31. The summed E-state index contributed by atoms with van der Waals surface area (Å²) in [6, 6.07) is 18.0. The molecule has 5 rings (SSSR count). The van der Waals surface area contributed by atoms with E-state index in [9.17, 15) is 19.5 Å². The summed E-state index contributed by atoms with van der Waals surface area (Å²) >= 11 is 0. The van der Waals surface area contributed by atoms with E-state index in [1.54, 1.807) is 24.7 Å². The molecule has 1 fully saturated rings. The fraction of sp³-hybridized carbons (Fsp3) is 0.351. The number of rotatable bonds is 14. The van der Waals surface area contributed by atoms with Gasteiger partial charge in [0.1, 0.15) is 17.5 Å². The molecule has 0 bridgehead atoms. The maximum atomic E-state index is 13.4. The lowest BCUT2D eigenvalue weighted by atomic mass is 9.97. The van der Waals surface area contributed by atoms with Gasteiger partial charge in [-0.2, -0.15) is 0 Å². The van der Waals surface area contributed by atoms with Gasteiger partial charge in [-0.15, -0.1) is 0 Å². The predicted octanol–water partition coefficient (Wildman–Crippen LogP) is 5.47. The van der Waals surface area contributed by atoms with Crippen molar-refractivity contribution in [1.82, 2.24) is 25.2 Å². The summed E-state index contributed by atoms with van der Waals surface area (Å²) in [7, 11) is 0. The number of nitrogens with zero attached hydrogens (tertiary/aromatic N) is 4. The summed E-state index contributed by atoms with van der Waals surface area (Å²) in [5, 5.41) is 12.1. The molecule has 3 heterocycles. The molecule has 1 aliphatic rings. The Kier molecular flexibility index (Phi) is 10.9. The Hall–Kier alpha value is -5.12. The number of nitrogens with one attached hydrogen (secondary N) is 1. The van der Waals surface area contributed by atoms with Crippen molar-refractivity contribution in [3.8, 4) is 28.3 Å². The van der Waals surface area contributed by atoms with Gasteiger partial charge >= 0.3 is 5.97 Å². The third-order valence-electron chi connectivity index (χ3n) is 8.30. The Morgan fingerprint density at radius 1 is 0.872 bits per heavy atom. The molecule has 10 nitrogen and oxygen atoms in total. The van der Waals surface area contributed by atoms with Crippen LogP contribution in [0.1, 0.15) is 55.2 Å².